The van der Waals surface area contributed by atoms with Crippen LogP contribution >= 0.6 is 0 Å². The van der Waals surface area contributed by atoms with Crippen LogP contribution in [0.4, 0.5) is 4.39 Å². The molecule has 2 atom stereocenters. The molecule has 1 aromatic rings. The molecule has 1 amide bonds. The number of nitrogens with one attached hydrogen (secondary N) is 1. The van der Waals surface area contributed by atoms with Gasteiger partial charge in [-0.05, 0) is 30.0 Å². The van der Waals surface area contributed by atoms with Gasteiger partial charge in [-0.2, -0.15) is 0 Å². The average molecular weight is 223 g/mol. The summed E-state index contributed by atoms with van der Waals surface area (Å²) in [4.78, 5) is 11.5. The number of hydrogen-bond donors (Lipinski definition) is 2. The van der Waals surface area contributed by atoms with Gasteiger partial charge in [-0.25, -0.2) is 4.39 Å². The average Bonchev–Trinajstić information content (AvgIpc) is 3.06. The predicted molar refractivity (Wildman–Crippen MR) is 57.3 cm³/mol. The Morgan fingerprint density at radius 1 is 1.56 bits per heavy atom. The topological polar surface area (TPSA) is 49.3 Å². The molecule has 16 heavy (non-hydrogen) atoms. The van der Waals surface area contributed by atoms with E-state index in [4.69, 9.17) is 5.11 Å². The number of halogens is 1. The smallest absolute Gasteiger partial charge is 0.223 e. The van der Waals surface area contributed by atoms with Gasteiger partial charge in [0.1, 0.15) is 5.82 Å². The zero-order valence-electron chi connectivity index (χ0n) is 8.82. The highest BCUT2D eigenvalue weighted by atomic mass is 19.1. The highest BCUT2D eigenvalue weighted by molar-refractivity contribution is 5.82. The molecule has 0 saturated heterocycles. The number of carbonyl (C=O) groups is 1. The van der Waals surface area contributed by atoms with Crippen LogP contribution < -0.4 is 5.32 Å². The molecule has 4 heteroatoms. The zero-order valence-corrected chi connectivity index (χ0v) is 8.82. The third-order valence-electron chi connectivity index (χ3n) is 2.82. The summed E-state index contributed by atoms with van der Waals surface area (Å²) in [5, 5.41) is 11.2. The molecule has 0 aliphatic heterocycles. The van der Waals surface area contributed by atoms with Crippen LogP contribution in [0.15, 0.2) is 24.3 Å². The van der Waals surface area contributed by atoms with Gasteiger partial charge in [0.15, 0.2) is 0 Å². The van der Waals surface area contributed by atoms with E-state index in [0.29, 0.717) is 0 Å². The molecule has 3 nitrogen and oxygen atoms in total. The van der Waals surface area contributed by atoms with Crippen molar-refractivity contribution in [3.05, 3.63) is 35.6 Å². The standard InChI is InChI=1S/C12H14FNO2/c13-9-3-1-2-8(6-9)10-7-11(10)12(16)14-4-5-15/h1-3,6,10-11,15H,4-5,7H2,(H,14,16). The SMILES string of the molecule is O=C(NCCO)C1CC1c1cccc(F)c1. The van der Waals surface area contributed by atoms with E-state index in [-0.39, 0.29) is 36.7 Å². The van der Waals surface area contributed by atoms with Crippen molar-refractivity contribution in [1.29, 1.82) is 0 Å². The van der Waals surface area contributed by atoms with E-state index in [0.717, 1.165) is 12.0 Å². The van der Waals surface area contributed by atoms with Gasteiger partial charge < -0.3 is 10.4 Å². The van der Waals surface area contributed by atoms with Crippen LogP contribution in [0.5, 0.6) is 0 Å². The Hall–Kier alpha value is -1.42. The Morgan fingerprint density at radius 2 is 2.38 bits per heavy atom. The Labute approximate surface area is 93.3 Å². The molecule has 2 N–H and O–H groups in total. The molecule has 2 rings (SSSR count). The van der Waals surface area contributed by atoms with Gasteiger partial charge in [0.05, 0.1) is 6.61 Å². The number of carbonyl (C=O) groups excluding carboxylic acids is 1. The molecular formula is C12H14FNO2. The Balaban J connectivity index is 1.93. The molecule has 86 valence electrons. The van der Waals surface area contributed by atoms with E-state index in [1.54, 1.807) is 6.07 Å². The van der Waals surface area contributed by atoms with Crippen molar-refractivity contribution in [3.63, 3.8) is 0 Å². The molecule has 1 aliphatic rings. The summed E-state index contributed by atoms with van der Waals surface area (Å²) >= 11 is 0. The molecule has 0 spiro atoms. The van der Waals surface area contributed by atoms with Crippen LogP contribution in [0, 0.1) is 11.7 Å². The van der Waals surface area contributed by atoms with E-state index in [9.17, 15) is 9.18 Å². The summed E-state index contributed by atoms with van der Waals surface area (Å²) in [5.41, 5.74) is 0.879. The first-order valence-corrected chi connectivity index (χ1v) is 5.36. The lowest BCUT2D eigenvalue weighted by molar-refractivity contribution is -0.122. The fraction of sp³-hybridized carbons (Fsp3) is 0.417. The lowest BCUT2D eigenvalue weighted by Gasteiger charge is -2.02. The lowest BCUT2D eigenvalue weighted by Crippen LogP contribution is -2.28. The van der Waals surface area contributed by atoms with Crippen molar-refractivity contribution in [2.24, 2.45) is 5.92 Å². The van der Waals surface area contributed by atoms with E-state index < -0.39 is 0 Å². The first-order chi connectivity index (χ1) is 7.72. The van der Waals surface area contributed by atoms with Crippen LogP contribution in [0.2, 0.25) is 0 Å². The second-order valence-electron chi connectivity index (χ2n) is 4.02. The maximum Gasteiger partial charge on any atom is 0.223 e. The third-order valence-corrected chi connectivity index (χ3v) is 2.82. The van der Waals surface area contributed by atoms with E-state index >= 15 is 0 Å². The summed E-state index contributed by atoms with van der Waals surface area (Å²) in [6.45, 7) is 0.230. The molecule has 0 aromatic heterocycles. The number of hydrogen-bond acceptors (Lipinski definition) is 2. The molecule has 0 heterocycles. The second kappa shape index (κ2) is 4.61. The monoisotopic (exact) mass is 223 g/mol. The largest absolute Gasteiger partial charge is 0.395 e. The number of amides is 1. The minimum Gasteiger partial charge on any atom is -0.395 e. The summed E-state index contributed by atoms with van der Waals surface area (Å²) in [6.07, 6.45) is 0.765. The van der Waals surface area contributed by atoms with Crippen molar-refractivity contribution in [2.75, 3.05) is 13.2 Å². The summed E-state index contributed by atoms with van der Waals surface area (Å²) in [6, 6.07) is 6.37. The highest BCUT2D eigenvalue weighted by Crippen LogP contribution is 2.47. The fourth-order valence-electron chi connectivity index (χ4n) is 1.90. The summed E-state index contributed by atoms with van der Waals surface area (Å²) < 4.78 is 13.0. The minimum atomic E-state index is -0.265. The molecule has 0 radical (unpaired) electrons. The van der Waals surface area contributed by atoms with Gasteiger partial charge in [-0.1, -0.05) is 12.1 Å². The second-order valence-corrected chi connectivity index (χ2v) is 4.02. The van der Waals surface area contributed by atoms with Crippen LogP contribution in [0.3, 0.4) is 0 Å². The van der Waals surface area contributed by atoms with Crippen molar-refractivity contribution >= 4 is 5.91 Å². The van der Waals surface area contributed by atoms with Crippen molar-refractivity contribution in [2.45, 2.75) is 12.3 Å². The Kier molecular flexibility index (Phi) is 3.19. The highest BCUT2D eigenvalue weighted by Gasteiger charge is 2.43. The lowest BCUT2D eigenvalue weighted by atomic mass is 10.1. The Bertz CT molecular complexity index is 394. The van der Waals surface area contributed by atoms with E-state index in [1.165, 1.54) is 12.1 Å². The number of aliphatic hydroxyl groups excluding tert-OH is 1. The molecule has 2 unspecified atom stereocenters. The van der Waals surface area contributed by atoms with Gasteiger partial charge in [-0.3, -0.25) is 4.79 Å². The maximum atomic E-state index is 13.0. The summed E-state index contributed by atoms with van der Waals surface area (Å²) in [7, 11) is 0. The first-order valence-electron chi connectivity index (χ1n) is 5.36. The van der Waals surface area contributed by atoms with Gasteiger partial charge in [0.25, 0.3) is 0 Å². The van der Waals surface area contributed by atoms with Gasteiger partial charge >= 0.3 is 0 Å². The van der Waals surface area contributed by atoms with Crippen LogP contribution in [0.25, 0.3) is 0 Å². The van der Waals surface area contributed by atoms with Gasteiger partial charge in [-0.15, -0.1) is 0 Å². The quantitative estimate of drug-likeness (QED) is 0.801. The predicted octanol–water partition coefficient (Wildman–Crippen LogP) is 1.04. The third kappa shape index (κ3) is 2.39. The fourth-order valence-corrected chi connectivity index (χ4v) is 1.90. The molecule has 1 aromatic carbocycles. The van der Waals surface area contributed by atoms with Crippen LogP contribution in [0.1, 0.15) is 17.9 Å². The molecular weight excluding hydrogens is 209 g/mol. The number of aliphatic hydroxyl groups is 1. The number of rotatable bonds is 4. The van der Waals surface area contributed by atoms with E-state index in [1.807, 2.05) is 6.07 Å². The minimum absolute atomic E-state index is 0.0525. The molecule has 1 saturated carbocycles. The number of benzene rings is 1. The van der Waals surface area contributed by atoms with Gasteiger partial charge in [0.2, 0.25) is 5.91 Å². The van der Waals surface area contributed by atoms with Gasteiger partial charge in [0, 0.05) is 12.5 Å². The van der Waals surface area contributed by atoms with Crippen molar-refractivity contribution in [3.8, 4) is 0 Å². The molecule has 1 fully saturated rings. The first kappa shape index (κ1) is 11.1. The van der Waals surface area contributed by atoms with Crippen LogP contribution in [-0.2, 0) is 4.79 Å². The van der Waals surface area contributed by atoms with Crippen LogP contribution in [-0.4, -0.2) is 24.2 Å². The molecule has 0 bridgehead atoms. The van der Waals surface area contributed by atoms with E-state index in [2.05, 4.69) is 5.32 Å². The van der Waals surface area contributed by atoms with Crippen molar-refractivity contribution in [1.82, 2.24) is 5.32 Å². The Morgan fingerprint density at radius 3 is 3.06 bits per heavy atom. The zero-order chi connectivity index (χ0) is 11.5. The van der Waals surface area contributed by atoms with Crippen molar-refractivity contribution < 1.29 is 14.3 Å². The normalized spacial score (nSPS) is 22.9. The summed E-state index contributed by atoms with van der Waals surface area (Å²) in [5.74, 6) is -0.245. The maximum absolute atomic E-state index is 13.0. The molecule has 1 aliphatic carbocycles.